The summed E-state index contributed by atoms with van der Waals surface area (Å²) in [5, 5.41) is 20.3. The highest BCUT2D eigenvalue weighted by Gasteiger charge is 2.17. The number of hydrogen-bond acceptors (Lipinski definition) is 5. The highest BCUT2D eigenvalue weighted by molar-refractivity contribution is 6.39. The maximum absolute atomic E-state index is 12.2. The number of nitrogens with one attached hydrogen (secondary N) is 2. The summed E-state index contributed by atoms with van der Waals surface area (Å²) in [5.74, 6) is -1.76. The first kappa shape index (κ1) is 19.7. The average Bonchev–Trinajstić information content (AvgIpc) is 3.04. The van der Waals surface area contributed by atoms with Crippen molar-refractivity contribution in [3.05, 3.63) is 81.7 Å². The summed E-state index contributed by atoms with van der Waals surface area (Å²) in [4.78, 5) is 34.8. The predicted octanol–water partition coefficient (Wildman–Crippen LogP) is 2.65. The Labute approximate surface area is 166 Å². The van der Waals surface area contributed by atoms with Crippen LogP contribution in [0, 0.1) is 24.0 Å². The summed E-state index contributed by atoms with van der Waals surface area (Å²) in [6, 6.07) is 14.9. The normalized spacial score (nSPS) is 10.4. The number of rotatable bonds is 5. The molecular formula is C20H19N5O4. The van der Waals surface area contributed by atoms with Crippen LogP contribution in [0.4, 0.5) is 11.4 Å². The van der Waals surface area contributed by atoms with Crippen molar-refractivity contribution >= 4 is 23.2 Å². The molecule has 0 spiro atoms. The van der Waals surface area contributed by atoms with Gasteiger partial charge in [-0.05, 0) is 38.1 Å². The van der Waals surface area contributed by atoms with Crippen LogP contribution >= 0.6 is 0 Å². The Kier molecular flexibility index (Phi) is 5.68. The van der Waals surface area contributed by atoms with Gasteiger partial charge in [0.1, 0.15) is 0 Å². The molecule has 3 aromatic rings. The van der Waals surface area contributed by atoms with Crippen molar-refractivity contribution in [1.82, 2.24) is 15.1 Å². The molecule has 0 bridgehead atoms. The van der Waals surface area contributed by atoms with E-state index in [0.29, 0.717) is 11.3 Å². The maximum Gasteiger partial charge on any atom is 0.313 e. The highest BCUT2D eigenvalue weighted by atomic mass is 16.6. The van der Waals surface area contributed by atoms with E-state index in [2.05, 4.69) is 15.7 Å². The number of nitro groups is 1. The topological polar surface area (TPSA) is 119 Å². The minimum Gasteiger partial charge on any atom is -0.343 e. The number of amides is 2. The van der Waals surface area contributed by atoms with Crippen molar-refractivity contribution < 1.29 is 14.5 Å². The van der Waals surface area contributed by atoms with Crippen LogP contribution in [-0.2, 0) is 16.1 Å². The lowest BCUT2D eigenvalue weighted by Gasteiger charge is -2.09. The Morgan fingerprint density at radius 1 is 1.07 bits per heavy atom. The standard InChI is InChI=1S/C20H19N5O4/c1-13-10-14(2)24(23-13)17-8-5-7-16(11-17)22-20(27)19(26)21-12-15-6-3-4-9-18(15)25(28)29/h3-11H,12H2,1-2H3,(H,21,26)(H,22,27). The zero-order chi connectivity index (χ0) is 21.0. The van der Waals surface area contributed by atoms with E-state index in [4.69, 9.17) is 0 Å². The molecule has 0 saturated heterocycles. The smallest absolute Gasteiger partial charge is 0.313 e. The lowest BCUT2D eigenvalue weighted by Crippen LogP contribution is -2.35. The Morgan fingerprint density at radius 3 is 2.52 bits per heavy atom. The van der Waals surface area contributed by atoms with Crippen LogP contribution in [0.2, 0.25) is 0 Å². The van der Waals surface area contributed by atoms with E-state index in [1.807, 2.05) is 26.0 Å². The number of para-hydroxylation sites is 1. The summed E-state index contributed by atoms with van der Waals surface area (Å²) in [7, 11) is 0. The molecular weight excluding hydrogens is 374 g/mol. The minimum absolute atomic E-state index is 0.120. The van der Waals surface area contributed by atoms with Gasteiger partial charge in [0.25, 0.3) is 5.69 Å². The fraction of sp³-hybridized carbons (Fsp3) is 0.150. The molecule has 1 aromatic heterocycles. The first-order valence-corrected chi connectivity index (χ1v) is 8.80. The summed E-state index contributed by atoms with van der Waals surface area (Å²) < 4.78 is 1.74. The summed E-state index contributed by atoms with van der Waals surface area (Å²) in [6.45, 7) is 3.67. The second kappa shape index (κ2) is 8.34. The largest absolute Gasteiger partial charge is 0.343 e. The van der Waals surface area contributed by atoms with E-state index in [0.717, 1.165) is 17.1 Å². The first-order chi connectivity index (χ1) is 13.8. The molecule has 0 fully saturated rings. The third-order valence-corrected chi connectivity index (χ3v) is 4.19. The van der Waals surface area contributed by atoms with Gasteiger partial charge in [-0.15, -0.1) is 0 Å². The van der Waals surface area contributed by atoms with Gasteiger partial charge in [0.05, 0.1) is 22.8 Å². The van der Waals surface area contributed by atoms with Crippen molar-refractivity contribution in [2.75, 3.05) is 5.32 Å². The quantitative estimate of drug-likeness (QED) is 0.392. The van der Waals surface area contributed by atoms with Gasteiger partial charge in [-0.3, -0.25) is 19.7 Å². The molecule has 0 saturated carbocycles. The minimum atomic E-state index is -0.889. The van der Waals surface area contributed by atoms with E-state index >= 15 is 0 Å². The number of aryl methyl sites for hydroxylation is 2. The molecule has 3 rings (SSSR count). The molecule has 1 heterocycles. The SMILES string of the molecule is Cc1cc(C)n(-c2cccc(NC(=O)C(=O)NCc3ccccc3[N+](=O)[O-])c2)n1. The number of hydrogen-bond donors (Lipinski definition) is 2. The second-order valence-electron chi connectivity index (χ2n) is 6.41. The molecule has 0 aliphatic rings. The van der Waals surface area contributed by atoms with E-state index < -0.39 is 16.7 Å². The number of benzene rings is 2. The summed E-state index contributed by atoms with van der Waals surface area (Å²) in [6.07, 6.45) is 0. The Morgan fingerprint density at radius 2 is 1.83 bits per heavy atom. The molecule has 29 heavy (non-hydrogen) atoms. The van der Waals surface area contributed by atoms with Gasteiger partial charge < -0.3 is 10.6 Å². The van der Waals surface area contributed by atoms with E-state index in [9.17, 15) is 19.7 Å². The van der Waals surface area contributed by atoms with Gasteiger partial charge >= 0.3 is 11.8 Å². The van der Waals surface area contributed by atoms with Gasteiger partial charge in [-0.2, -0.15) is 5.10 Å². The van der Waals surface area contributed by atoms with Crippen LogP contribution in [-0.4, -0.2) is 26.5 Å². The third-order valence-electron chi connectivity index (χ3n) is 4.19. The Balaban J connectivity index is 1.66. The van der Waals surface area contributed by atoms with Crippen LogP contribution in [0.15, 0.2) is 54.6 Å². The van der Waals surface area contributed by atoms with Gasteiger partial charge in [-0.25, -0.2) is 4.68 Å². The van der Waals surface area contributed by atoms with Crippen LogP contribution in [0.5, 0.6) is 0 Å². The molecule has 9 nitrogen and oxygen atoms in total. The number of carbonyl (C=O) groups is 2. The molecule has 0 unspecified atom stereocenters. The highest BCUT2D eigenvalue weighted by Crippen LogP contribution is 2.18. The van der Waals surface area contributed by atoms with Crippen LogP contribution in [0.3, 0.4) is 0 Å². The summed E-state index contributed by atoms with van der Waals surface area (Å²) in [5.41, 5.74) is 3.17. The van der Waals surface area contributed by atoms with Gasteiger partial charge in [-0.1, -0.05) is 24.3 Å². The summed E-state index contributed by atoms with van der Waals surface area (Å²) >= 11 is 0. The lowest BCUT2D eigenvalue weighted by molar-refractivity contribution is -0.385. The Bertz CT molecular complexity index is 1090. The van der Waals surface area contributed by atoms with Crippen molar-refractivity contribution in [2.45, 2.75) is 20.4 Å². The number of carbonyl (C=O) groups excluding carboxylic acids is 2. The molecule has 2 aromatic carbocycles. The van der Waals surface area contributed by atoms with Gasteiger partial charge in [0, 0.05) is 23.0 Å². The molecule has 9 heteroatoms. The molecule has 0 aliphatic heterocycles. The fourth-order valence-electron chi connectivity index (χ4n) is 2.89. The Hall–Kier alpha value is -4.01. The number of anilines is 1. The van der Waals surface area contributed by atoms with Crippen molar-refractivity contribution in [2.24, 2.45) is 0 Å². The first-order valence-electron chi connectivity index (χ1n) is 8.80. The van der Waals surface area contributed by atoms with Crippen molar-refractivity contribution in [3.8, 4) is 5.69 Å². The number of aromatic nitrogens is 2. The third kappa shape index (κ3) is 4.64. The second-order valence-corrected chi connectivity index (χ2v) is 6.41. The number of nitro benzene ring substituents is 1. The van der Waals surface area contributed by atoms with Gasteiger partial charge in [0.2, 0.25) is 0 Å². The molecule has 148 valence electrons. The number of nitrogens with zero attached hydrogens (tertiary/aromatic N) is 3. The zero-order valence-corrected chi connectivity index (χ0v) is 15.9. The van der Waals surface area contributed by atoms with Crippen LogP contribution in [0.25, 0.3) is 5.69 Å². The molecule has 0 atom stereocenters. The zero-order valence-electron chi connectivity index (χ0n) is 15.9. The van der Waals surface area contributed by atoms with E-state index in [-0.39, 0.29) is 12.2 Å². The predicted molar refractivity (Wildman–Crippen MR) is 107 cm³/mol. The molecule has 0 radical (unpaired) electrons. The maximum atomic E-state index is 12.2. The molecule has 0 aliphatic carbocycles. The monoisotopic (exact) mass is 393 g/mol. The van der Waals surface area contributed by atoms with Crippen LogP contribution in [0.1, 0.15) is 17.0 Å². The average molecular weight is 393 g/mol. The molecule has 2 N–H and O–H groups in total. The van der Waals surface area contributed by atoms with Crippen LogP contribution < -0.4 is 10.6 Å². The van der Waals surface area contributed by atoms with E-state index in [1.165, 1.54) is 18.2 Å². The lowest BCUT2D eigenvalue weighted by atomic mass is 10.2. The van der Waals surface area contributed by atoms with Gasteiger partial charge in [0.15, 0.2) is 0 Å². The van der Waals surface area contributed by atoms with Crippen molar-refractivity contribution in [3.63, 3.8) is 0 Å². The van der Waals surface area contributed by atoms with E-state index in [1.54, 1.807) is 28.9 Å². The molecule has 2 amide bonds. The fourth-order valence-corrected chi connectivity index (χ4v) is 2.89. The van der Waals surface area contributed by atoms with Crippen molar-refractivity contribution in [1.29, 1.82) is 0 Å².